The van der Waals surface area contributed by atoms with Gasteiger partial charge >= 0.3 is 12.4 Å². The van der Waals surface area contributed by atoms with Crippen molar-refractivity contribution in [2.75, 3.05) is 0 Å². The predicted octanol–water partition coefficient (Wildman–Crippen LogP) is 3.09. The molecule has 0 unspecified atom stereocenters. The molecule has 1 aromatic rings. The van der Waals surface area contributed by atoms with E-state index in [1.165, 1.54) is 6.07 Å². The van der Waals surface area contributed by atoms with Crippen LogP contribution in [-0.2, 0) is 5.60 Å². The van der Waals surface area contributed by atoms with Gasteiger partial charge in [-0.25, -0.2) is 0 Å². The quantitative estimate of drug-likeness (QED) is 0.502. The molecule has 0 aliphatic carbocycles. The fourth-order valence-corrected chi connectivity index (χ4v) is 2.89. The van der Waals surface area contributed by atoms with Crippen LogP contribution >= 0.6 is 23.2 Å². The summed E-state index contributed by atoms with van der Waals surface area (Å²) in [5, 5.41) is 9.27. The van der Waals surface area contributed by atoms with E-state index >= 15 is 0 Å². The molecule has 2 radical (unpaired) electrons. The van der Waals surface area contributed by atoms with Crippen LogP contribution in [0.2, 0.25) is 0 Å². The van der Waals surface area contributed by atoms with E-state index in [0.29, 0.717) is 12.1 Å². The number of benzene rings is 1. The zero-order valence-electron chi connectivity index (χ0n) is 9.36. The summed E-state index contributed by atoms with van der Waals surface area (Å²) < 4.78 is 75.0. The standard InChI is InChI=1S/C10H6Cl2F6OSi/c11-7(12)20-6-3-1-2-5(4-6)8(19,9(13,14)15)10(16,17)18/h1-4,7,19H. The molecule has 1 rings (SSSR count). The lowest BCUT2D eigenvalue weighted by Crippen LogP contribution is -2.54. The lowest BCUT2D eigenvalue weighted by molar-refractivity contribution is -0.376. The van der Waals surface area contributed by atoms with Crippen LogP contribution in [0, 0.1) is 0 Å². The summed E-state index contributed by atoms with van der Waals surface area (Å²) in [4.78, 5) is 0. The first kappa shape index (κ1) is 17.6. The molecule has 0 heterocycles. The highest BCUT2D eigenvalue weighted by molar-refractivity contribution is 6.75. The van der Waals surface area contributed by atoms with Gasteiger partial charge in [-0.15, -0.1) is 23.2 Å². The largest absolute Gasteiger partial charge is 0.430 e. The topological polar surface area (TPSA) is 20.2 Å². The van der Waals surface area contributed by atoms with Gasteiger partial charge in [0.1, 0.15) is 9.52 Å². The van der Waals surface area contributed by atoms with Crippen molar-refractivity contribution in [3.63, 3.8) is 0 Å². The van der Waals surface area contributed by atoms with Crippen LogP contribution in [0.4, 0.5) is 26.3 Å². The van der Waals surface area contributed by atoms with E-state index in [1.54, 1.807) is 0 Å². The Kier molecular flexibility index (Phi) is 5.06. The van der Waals surface area contributed by atoms with Gasteiger partial charge in [0.05, 0.1) is 4.46 Å². The Bertz CT molecular complexity index is 460. The molecule has 112 valence electrons. The molecule has 10 heteroatoms. The summed E-state index contributed by atoms with van der Waals surface area (Å²) in [5.41, 5.74) is -6.26. The van der Waals surface area contributed by atoms with E-state index in [0.717, 1.165) is 6.07 Å². The van der Waals surface area contributed by atoms with Gasteiger partial charge in [0, 0.05) is 5.56 Å². The molecule has 0 bridgehead atoms. The molecule has 0 amide bonds. The number of hydrogen-bond donors (Lipinski definition) is 1. The van der Waals surface area contributed by atoms with E-state index in [2.05, 4.69) is 0 Å². The third-order valence-corrected chi connectivity index (χ3v) is 3.89. The van der Waals surface area contributed by atoms with Gasteiger partial charge in [-0.1, -0.05) is 29.5 Å². The number of alkyl halides is 8. The second kappa shape index (κ2) is 5.74. The normalized spacial score (nSPS) is 13.9. The Morgan fingerprint density at radius 2 is 1.50 bits per heavy atom. The molecule has 0 saturated carbocycles. The van der Waals surface area contributed by atoms with Crippen LogP contribution in [0.3, 0.4) is 0 Å². The molecular formula is C10H6Cl2F6OSi. The van der Waals surface area contributed by atoms with Gasteiger partial charge < -0.3 is 5.11 Å². The molecule has 1 nitrogen and oxygen atoms in total. The smallest absolute Gasteiger partial charge is 0.369 e. The summed E-state index contributed by atoms with van der Waals surface area (Å²) in [7, 11) is -0.412. The fraction of sp³-hybridized carbons (Fsp3) is 0.400. The maximum absolute atomic E-state index is 12.7. The average Bonchev–Trinajstić information content (AvgIpc) is 2.24. The van der Waals surface area contributed by atoms with Crippen LogP contribution in [0.1, 0.15) is 5.56 Å². The molecule has 20 heavy (non-hydrogen) atoms. The van der Waals surface area contributed by atoms with Gasteiger partial charge in [-0.3, -0.25) is 0 Å². The molecule has 1 N–H and O–H groups in total. The lowest BCUT2D eigenvalue weighted by Gasteiger charge is -2.32. The Hall–Kier alpha value is -0.443. The Balaban J connectivity index is 3.37. The van der Waals surface area contributed by atoms with Crippen molar-refractivity contribution >= 4 is 37.9 Å². The van der Waals surface area contributed by atoms with Crippen molar-refractivity contribution in [3.8, 4) is 0 Å². The van der Waals surface area contributed by atoms with E-state index in [1.807, 2.05) is 0 Å². The number of aliphatic hydroxyl groups is 1. The van der Waals surface area contributed by atoms with Gasteiger partial charge in [0.2, 0.25) is 0 Å². The lowest BCUT2D eigenvalue weighted by atomic mass is 9.92. The van der Waals surface area contributed by atoms with Gasteiger partial charge in [0.25, 0.3) is 5.60 Å². The first-order valence-electron chi connectivity index (χ1n) is 4.90. The molecule has 0 saturated heterocycles. The van der Waals surface area contributed by atoms with Crippen LogP contribution < -0.4 is 5.19 Å². The van der Waals surface area contributed by atoms with Crippen molar-refractivity contribution in [1.82, 2.24) is 0 Å². The zero-order chi connectivity index (χ0) is 15.8. The van der Waals surface area contributed by atoms with Crippen molar-refractivity contribution < 1.29 is 31.4 Å². The highest BCUT2D eigenvalue weighted by atomic mass is 35.5. The van der Waals surface area contributed by atoms with Crippen LogP contribution in [0.25, 0.3) is 0 Å². The molecule has 0 aliphatic heterocycles. The minimum absolute atomic E-state index is 0.0735. The monoisotopic (exact) mass is 354 g/mol. The molecule has 0 aliphatic rings. The van der Waals surface area contributed by atoms with E-state index in [-0.39, 0.29) is 5.19 Å². The molecule has 1 aromatic carbocycles. The molecular weight excluding hydrogens is 349 g/mol. The summed E-state index contributed by atoms with van der Waals surface area (Å²) in [6, 6.07) is 3.38. The Morgan fingerprint density at radius 1 is 1.00 bits per heavy atom. The second-order valence-corrected chi connectivity index (χ2v) is 7.00. The fourth-order valence-electron chi connectivity index (χ4n) is 1.45. The highest BCUT2D eigenvalue weighted by Crippen LogP contribution is 2.49. The minimum Gasteiger partial charge on any atom is -0.369 e. The van der Waals surface area contributed by atoms with E-state index in [4.69, 9.17) is 23.2 Å². The van der Waals surface area contributed by atoms with Crippen LogP contribution in [-0.4, -0.2) is 31.4 Å². The SMILES string of the molecule is OC(c1cccc([Si]C(Cl)Cl)c1)(C(F)(F)F)C(F)(F)F. The third-order valence-electron chi connectivity index (χ3n) is 2.38. The van der Waals surface area contributed by atoms with Crippen LogP contribution in [0.15, 0.2) is 24.3 Å². The van der Waals surface area contributed by atoms with Crippen molar-refractivity contribution in [2.45, 2.75) is 22.4 Å². The molecule has 0 fully saturated rings. The summed E-state index contributed by atoms with van der Waals surface area (Å²) in [6.45, 7) is 0. The first-order chi connectivity index (χ1) is 8.89. The van der Waals surface area contributed by atoms with E-state index in [9.17, 15) is 31.4 Å². The number of rotatable bonds is 3. The van der Waals surface area contributed by atoms with Crippen molar-refractivity contribution in [2.24, 2.45) is 0 Å². The predicted molar refractivity (Wildman–Crippen MR) is 63.3 cm³/mol. The summed E-state index contributed by atoms with van der Waals surface area (Å²) in [6.07, 6.45) is -11.8. The van der Waals surface area contributed by atoms with Crippen molar-refractivity contribution in [1.29, 1.82) is 0 Å². The maximum atomic E-state index is 12.7. The second-order valence-electron chi connectivity index (χ2n) is 3.73. The van der Waals surface area contributed by atoms with Gasteiger partial charge in [-0.05, 0) is 0 Å². The van der Waals surface area contributed by atoms with Crippen LogP contribution in [0.5, 0.6) is 0 Å². The molecule has 0 spiro atoms. The van der Waals surface area contributed by atoms with Gasteiger partial charge in [0.15, 0.2) is 0 Å². The Morgan fingerprint density at radius 3 is 1.90 bits per heavy atom. The summed E-state index contributed by atoms with van der Waals surface area (Å²) >= 11 is 10.9. The molecule has 0 aromatic heterocycles. The highest BCUT2D eigenvalue weighted by Gasteiger charge is 2.71. The molecule has 0 atom stereocenters. The first-order valence-corrected chi connectivity index (χ1v) is 6.85. The van der Waals surface area contributed by atoms with E-state index < -0.39 is 37.5 Å². The maximum Gasteiger partial charge on any atom is 0.430 e. The van der Waals surface area contributed by atoms with Crippen molar-refractivity contribution in [3.05, 3.63) is 29.8 Å². The Labute approximate surface area is 122 Å². The number of hydrogen-bond acceptors (Lipinski definition) is 1. The number of halogens is 8. The third kappa shape index (κ3) is 3.41. The van der Waals surface area contributed by atoms with Gasteiger partial charge in [-0.2, -0.15) is 26.3 Å². The summed E-state index contributed by atoms with van der Waals surface area (Å²) in [5.74, 6) is 0. The zero-order valence-corrected chi connectivity index (χ0v) is 11.9. The average molecular weight is 355 g/mol. The minimum atomic E-state index is -5.91.